The molecule has 0 saturated heterocycles. The Balaban J connectivity index is 2.14. The molecule has 0 bridgehead atoms. The molecule has 0 radical (unpaired) electrons. The summed E-state index contributed by atoms with van der Waals surface area (Å²) in [5.74, 6) is 1.91. The van der Waals surface area contributed by atoms with Gasteiger partial charge in [-0.25, -0.2) is 0 Å². The van der Waals surface area contributed by atoms with Crippen LogP contribution in [0.1, 0.15) is 58.8 Å². The summed E-state index contributed by atoms with van der Waals surface area (Å²) < 4.78 is 0. The first-order chi connectivity index (χ1) is 6.22. The predicted octanol–water partition coefficient (Wildman–Crippen LogP) is 3.33. The molecular weight excluding hydrogens is 158 g/mol. The Morgan fingerprint density at radius 3 is 2.38 bits per heavy atom. The van der Waals surface area contributed by atoms with Crippen LogP contribution in [0.5, 0.6) is 0 Å². The third kappa shape index (κ3) is 4.12. The monoisotopic (exact) mass is 183 g/mol. The lowest BCUT2D eigenvalue weighted by molar-refractivity contribution is 0.261. The molecule has 1 rings (SSSR count). The molecule has 13 heavy (non-hydrogen) atoms. The quantitative estimate of drug-likeness (QED) is 0.711. The minimum absolute atomic E-state index is 0.475. The minimum atomic E-state index is 0.475. The van der Waals surface area contributed by atoms with Crippen LogP contribution < -0.4 is 5.73 Å². The van der Waals surface area contributed by atoms with Gasteiger partial charge in [0.15, 0.2) is 0 Å². The van der Waals surface area contributed by atoms with E-state index in [1.54, 1.807) is 0 Å². The second-order valence-electron chi connectivity index (χ2n) is 4.91. The molecular formula is C12H25N. The zero-order chi connectivity index (χ0) is 9.68. The summed E-state index contributed by atoms with van der Waals surface area (Å²) >= 11 is 0. The van der Waals surface area contributed by atoms with Gasteiger partial charge in [-0.05, 0) is 24.7 Å². The molecule has 0 aromatic rings. The summed E-state index contributed by atoms with van der Waals surface area (Å²) in [4.78, 5) is 0. The molecule has 0 heterocycles. The van der Waals surface area contributed by atoms with Crippen molar-refractivity contribution in [3.05, 3.63) is 0 Å². The molecule has 1 fully saturated rings. The Kier molecular flexibility index (Phi) is 4.79. The van der Waals surface area contributed by atoms with E-state index in [0.29, 0.717) is 6.04 Å². The number of nitrogens with two attached hydrogens (primary N) is 1. The molecule has 1 saturated carbocycles. The highest BCUT2D eigenvalue weighted by atomic mass is 14.6. The van der Waals surface area contributed by atoms with Crippen molar-refractivity contribution in [2.24, 2.45) is 17.6 Å². The first-order valence-corrected chi connectivity index (χ1v) is 5.98. The fourth-order valence-electron chi connectivity index (χ4n) is 2.48. The van der Waals surface area contributed by atoms with Gasteiger partial charge in [-0.2, -0.15) is 0 Å². The van der Waals surface area contributed by atoms with Gasteiger partial charge in [0.05, 0.1) is 0 Å². The van der Waals surface area contributed by atoms with Crippen molar-refractivity contribution in [2.45, 2.75) is 64.8 Å². The maximum atomic E-state index is 6.05. The van der Waals surface area contributed by atoms with Crippen LogP contribution in [-0.2, 0) is 0 Å². The van der Waals surface area contributed by atoms with Crippen molar-refractivity contribution in [3.63, 3.8) is 0 Å². The molecule has 2 N–H and O–H groups in total. The minimum Gasteiger partial charge on any atom is -0.328 e. The standard InChI is InChI=1S/C12H25N/c1-3-4-12(13)9-11-7-5-10(2)6-8-11/h10-12H,3-9,13H2,1-2H3/t10?,11?,12-/m1/s1. The van der Waals surface area contributed by atoms with Gasteiger partial charge >= 0.3 is 0 Å². The normalized spacial score (nSPS) is 31.6. The van der Waals surface area contributed by atoms with Crippen LogP contribution in [0.15, 0.2) is 0 Å². The maximum Gasteiger partial charge on any atom is 0.00413 e. The van der Waals surface area contributed by atoms with E-state index in [1.165, 1.54) is 44.9 Å². The van der Waals surface area contributed by atoms with E-state index >= 15 is 0 Å². The van der Waals surface area contributed by atoms with Crippen molar-refractivity contribution in [1.82, 2.24) is 0 Å². The molecule has 0 aromatic carbocycles. The average Bonchev–Trinajstić information content (AvgIpc) is 2.09. The number of hydrogen-bond donors (Lipinski definition) is 1. The van der Waals surface area contributed by atoms with E-state index in [1.807, 2.05) is 0 Å². The van der Waals surface area contributed by atoms with Gasteiger partial charge in [-0.1, -0.05) is 46.0 Å². The zero-order valence-electron chi connectivity index (χ0n) is 9.26. The molecule has 78 valence electrons. The molecule has 0 amide bonds. The van der Waals surface area contributed by atoms with Crippen LogP contribution in [-0.4, -0.2) is 6.04 Å². The van der Waals surface area contributed by atoms with Crippen LogP contribution in [0.25, 0.3) is 0 Å². The first-order valence-electron chi connectivity index (χ1n) is 5.98. The van der Waals surface area contributed by atoms with Crippen LogP contribution >= 0.6 is 0 Å². The largest absolute Gasteiger partial charge is 0.328 e. The Bertz CT molecular complexity index is 125. The van der Waals surface area contributed by atoms with Gasteiger partial charge in [0.25, 0.3) is 0 Å². The van der Waals surface area contributed by atoms with Gasteiger partial charge in [0, 0.05) is 6.04 Å². The fraction of sp³-hybridized carbons (Fsp3) is 1.00. The molecule has 1 aliphatic carbocycles. The second kappa shape index (κ2) is 5.64. The molecule has 0 unspecified atom stereocenters. The topological polar surface area (TPSA) is 26.0 Å². The fourth-order valence-corrected chi connectivity index (χ4v) is 2.48. The molecule has 1 nitrogen and oxygen atoms in total. The van der Waals surface area contributed by atoms with Crippen molar-refractivity contribution in [2.75, 3.05) is 0 Å². The highest BCUT2D eigenvalue weighted by molar-refractivity contribution is 4.74. The highest BCUT2D eigenvalue weighted by Gasteiger charge is 2.19. The molecule has 0 spiro atoms. The summed E-state index contributed by atoms with van der Waals surface area (Å²) in [7, 11) is 0. The summed E-state index contributed by atoms with van der Waals surface area (Å²) in [6.45, 7) is 4.60. The van der Waals surface area contributed by atoms with Gasteiger partial charge in [-0.15, -0.1) is 0 Å². The SMILES string of the molecule is CCC[C@@H](N)CC1CCC(C)CC1. The van der Waals surface area contributed by atoms with Gasteiger partial charge in [0.1, 0.15) is 0 Å². The summed E-state index contributed by atoms with van der Waals surface area (Å²) in [6.07, 6.45) is 9.46. The van der Waals surface area contributed by atoms with Gasteiger partial charge in [-0.3, -0.25) is 0 Å². The maximum absolute atomic E-state index is 6.05. The third-order valence-corrected chi connectivity index (χ3v) is 3.43. The number of rotatable bonds is 4. The Morgan fingerprint density at radius 1 is 1.23 bits per heavy atom. The van der Waals surface area contributed by atoms with E-state index in [-0.39, 0.29) is 0 Å². The third-order valence-electron chi connectivity index (χ3n) is 3.43. The van der Waals surface area contributed by atoms with E-state index in [9.17, 15) is 0 Å². The average molecular weight is 183 g/mol. The molecule has 1 atom stereocenters. The number of hydrogen-bond acceptors (Lipinski definition) is 1. The van der Waals surface area contributed by atoms with Crippen molar-refractivity contribution < 1.29 is 0 Å². The predicted molar refractivity (Wildman–Crippen MR) is 58.6 cm³/mol. The lowest BCUT2D eigenvalue weighted by atomic mass is 9.80. The van der Waals surface area contributed by atoms with Crippen LogP contribution in [0.4, 0.5) is 0 Å². The van der Waals surface area contributed by atoms with Crippen molar-refractivity contribution in [1.29, 1.82) is 0 Å². The second-order valence-corrected chi connectivity index (χ2v) is 4.91. The summed E-state index contributed by atoms with van der Waals surface area (Å²) in [5, 5.41) is 0. The lowest BCUT2D eigenvalue weighted by Crippen LogP contribution is -2.25. The first kappa shape index (κ1) is 11.0. The molecule has 0 aromatic heterocycles. The lowest BCUT2D eigenvalue weighted by Gasteiger charge is -2.28. The van der Waals surface area contributed by atoms with Gasteiger partial charge in [0.2, 0.25) is 0 Å². The van der Waals surface area contributed by atoms with Crippen LogP contribution in [0.2, 0.25) is 0 Å². The van der Waals surface area contributed by atoms with E-state index in [0.717, 1.165) is 11.8 Å². The van der Waals surface area contributed by atoms with E-state index in [2.05, 4.69) is 13.8 Å². The molecule has 1 heteroatoms. The Labute approximate surface area is 83.1 Å². The summed E-state index contributed by atoms with van der Waals surface area (Å²) in [6, 6.07) is 0.475. The Morgan fingerprint density at radius 2 is 1.85 bits per heavy atom. The van der Waals surface area contributed by atoms with Crippen LogP contribution in [0.3, 0.4) is 0 Å². The highest BCUT2D eigenvalue weighted by Crippen LogP contribution is 2.31. The van der Waals surface area contributed by atoms with Crippen molar-refractivity contribution in [3.8, 4) is 0 Å². The van der Waals surface area contributed by atoms with Crippen LogP contribution in [0, 0.1) is 11.8 Å². The Hall–Kier alpha value is -0.0400. The molecule has 0 aliphatic heterocycles. The smallest absolute Gasteiger partial charge is 0.00413 e. The summed E-state index contributed by atoms with van der Waals surface area (Å²) in [5.41, 5.74) is 6.05. The van der Waals surface area contributed by atoms with E-state index in [4.69, 9.17) is 5.73 Å². The zero-order valence-corrected chi connectivity index (χ0v) is 9.26. The van der Waals surface area contributed by atoms with E-state index < -0.39 is 0 Å². The van der Waals surface area contributed by atoms with Gasteiger partial charge < -0.3 is 5.73 Å². The molecule has 1 aliphatic rings. The van der Waals surface area contributed by atoms with Crippen molar-refractivity contribution >= 4 is 0 Å².